The van der Waals surface area contributed by atoms with E-state index in [1.165, 1.54) is 48.5 Å². The Labute approximate surface area is 233 Å². The van der Waals surface area contributed by atoms with E-state index in [0.29, 0.717) is 0 Å². The first-order valence-electron chi connectivity index (χ1n) is 10.8. The van der Waals surface area contributed by atoms with Crippen LogP contribution in [0.1, 0.15) is 28.9 Å². The average molecular weight is 610 g/mol. The van der Waals surface area contributed by atoms with Crippen LogP contribution < -0.4 is 5.73 Å². The van der Waals surface area contributed by atoms with Gasteiger partial charge in [-0.2, -0.15) is 44.8 Å². The largest absolute Gasteiger partial charge is 0.454 e. The molecule has 0 spiro atoms. The van der Waals surface area contributed by atoms with E-state index in [0.717, 1.165) is 42.5 Å². The predicted molar refractivity (Wildman–Crippen MR) is 131 cm³/mol. The van der Waals surface area contributed by atoms with Crippen LogP contribution in [-0.4, -0.2) is 40.4 Å². The highest BCUT2D eigenvalue weighted by Gasteiger charge is 2.60. The zero-order valence-electron chi connectivity index (χ0n) is 20.3. The molecule has 0 aliphatic rings. The molecule has 2 unspecified atom stereocenters. The molecular weight excluding hydrogens is 587 g/mol. The SMILES string of the molecule is C.N#CC(O)(c1ccccc1)C(F)(F)F.NC(=O)C(O)(c1ccccc1)C(F)(F)F.O=C(c1ccccc1)C(F)(F)F. The van der Waals surface area contributed by atoms with Gasteiger partial charge in [0.1, 0.15) is 6.07 Å². The van der Waals surface area contributed by atoms with Crippen molar-refractivity contribution in [3.8, 4) is 6.07 Å². The number of hydrogen-bond donors (Lipinski definition) is 3. The number of primary amides is 1. The van der Waals surface area contributed by atoms with Gasteiger partial charge in [-0.3, -0.25) is 9.59 Å². The summed E-state index contributed by atoms with van der Waals surface area (Å²) in [5, 5.41) is 26.8. The molecule has 228 valence electrons. The number of amides is 1. The first-order chi connectivity index (χ1) is 18.7. The second-order valence-corrected chi connectivity index (χ2v) is 7.82. The normalized spacial score (nSPS) is 14.0. The Hall–Kier alpha value is -4.42. The Morgan fingerprint density at radius 3 is 1.29 bits per heavy atom. The van der Waals surface area contributed by atoms with Crippen LogP contribution in [0.3, 0.4) is 0 Å². The number of ketones is 1. The Kier molecular flexibility index (Phi) is 12.9. The molecule has 0 heterocycles. The number of carbonyl (C=O) groups excluding carboxylic acids is 2. The molecule has 0 aromatic heterocycles. The van der Waals surface area contributed by atoms with Crippen molar-refractivity contribution >= 4 is 11.7 Å². The second-order valence-electron chi connectivity index (χ2n) is 7.82. The van der Waals surface area contributed by atoms with Gasteiger partial charge in [-0.25, -0.2) is 0 Å². The van der Waals surface area contributed by atoms with Gasteiger partial charge in [0, 0.05) is 16.7 Å². The summed E-state index contributed by atoms with van der Waals surface area (Å²) in [5.41, 5.74) is -3.87. The molecule has 2 atom stereocenters. The maximum absolute atomic E-state index is 12.5. The summed E-state index contributed by atoms with van der Waals surface area (Å²) in [6.45, 7) is 0. The Morgan fingerprint density at radius 2 is 1.00 bits per heavy atom. The van der Waals surface area contributed by atoms with E-state index in [-0.39, 0.29) is 13.0 Å². The third-order valence-electron chi connectivity index (χ3n) is 5.02. The summed E-state index contributed by atoms with van der Waals surface area (Å²) >= 11 is 0. The van der Waals surface area contributed by atoms with E-state index in [1.54, 1.807) is 6.07 Å². The minimum atomic E-state index is -5.14. The van der Waals surface area contributed by atoms with Gasteiger partial charge in [0.25, 0.3) is 22.9 Å². The van der Waals surface area contributed by atoms with Crippen molar-refractivity contribution in [2.75, 3.05) is 0 Å². The lowest BCUT2D eigenvalue weighted by molar-refractivity contribution is -0.255. The van der Waals surface area contributed by atoms with E-state index in [9.17, 15) is 54.2 Å². The zero-order chi connectivity index (χ0) is 31.7. The van der Waals surface area contributed by atoms with Crippen LogP contribution in [0, 0.1) is 11.3 Å². The maximum Gasteiger partial charge on any atom is 0.454 e. The van der Waals surface area contributed by atoms with E-state index in [4.69, 9.17) is 10.4 Å². The number of carbonyl (C=O) groups is 2. The second kappa shape index (κ2) is 14.5. The van der Waals surface area contributed by atoms with E-state index in [1.807, 2.05) is 0 Å². The molecule has 42 heavy (non-hydrogen) atoms. The van der Waals surface area contributed by atoms with Crippen molar-refractivity contribution in [2.45, 2.75) is 37.2 Å². The van der Waals surface area contributed by atoms with Crippen LogP contribution in [0.25, 0.3) is 0 Å². The van der Waals surface area contributed by atoms with Gasteiger partial charge in [0.15, 0.2) is 0 Å². The van der Waals surface area contributed by atoms with E-state index >= 15 is 0 Å². The average Bonchev–Trinajstić information content (AvgIpc) is 2.92. The van der Waals surface area contributed by atoms with Gasteiger partial charge in [-0.15, -0.1) is 0 Å². The molecule has 3 rings (SSSR count). The molecule has 3 aromatic carbocycles. The first-order valence-corrected chi connectivity index (χ1v) is 10.8. The van der Waals surface area contributed by atoms with Gasteiger partial charge in [-0.1, -0.05) is 98.4 Å². The van der Waals surface area contributed by atoms with Crippen molar-refractivity contribution in [2.24, 2.45) is 5.73 Å². The van der Waals surface area contributed by atoms with Crippen LogP contribution in [-0.2, 0) is 16.0 Å². The quantitative estimate of drug-likeness (QED) is 0.191. The molecular formula is C27H23F9N2O4. The Morgan fingerprint density at radius 1 is 0.643 bits per heavy atom. The van der Waals surface area contributed by atoms with Crippen molar-refractivity contribution in [3.63, 3.8) is 0 Å². The lowest BCUT2D eigenvalue weighted by atomic mass is 9.92. The Bertz CT molecular complexity index is 1330. The van der Waals surface area contributed by atoms with Crippen molar-refractivity contribution in [3.05, 3.63) is 108 Å². The molecule has 1 amide bonds. The molecule has 0 saturated carbocycles. The smallest absolute Gasteiger partial charge is 0.369 e. The molecule has 0 saturated heterocycles. The predicted octanol–water partition coefficient (Wildman–Crippen LogP) is 5.95. The zero-order valence-corrected chi connectivity index (χ0v) is 20.3. The molecule has 0 fully saturated rings. The number of alkyl halides is 9. The van der Waals surface area contributed by atoms with E-state index < -0.39 is 52.5 Å². The van der Waals surface area contributed by atoms with Gasteiger partial charge >= 0.3 is 18.5 Å². The highest BCUT2D eigenvalue weighted by Crippen LogP contribution is 2.39. The molecule has 0 aliphatic heterocycles. The summed E-state index contributed by atoms with van der Waals surface area (Å²) in [7, 11) is 0. The van der Waals surface area contributed by atoms with Crippen LogP contribution in [0.5, 0.6) is 0 Å². The lowest BCUT2D eigenvalue weighted by Crippen LogP contribution is -2.52. The highest BCUT2D eigenvalue weighted by atomic mass is 19.4. The van der Waals surface area contributed by atoms with Crippen molar-refractivity contribution in [1.82, 2.24) is 0 Å². The fourth-order valence-electron chi connectivity index (χ4n) is 2.85. The molecule has 0 bridgehead atoms. The lowest BCUT2D eigenvalue weighted by Gasteiger charge is -2.27. The molecule has 15 heteroatoms. The summed E-state index contributed by atoms with van der Waals surface area (Å²) < 4.78 is 110. The Balaban J connectivity index is 0.000000597. The van der Waals surface area contributed by atoms with Gasteiger partial charge in [0.05, 0.1) is 0 Å². The van der Waals surface area contributed by atoms with Crippen LogP contribution in [0.15, 0.2) is 91.0 Å². The molecule has 3 aromatic rings. The number of aliphatic hydroxyl groups is 2. The summed E-state index contributed by atoms with van der Waals surface area (Å²) in [6.07, 6.45) is -14.9. The first kappa shape index (κ1) is 37.6. The minimum Gasteiger partial charge on any atom is -0.369 e. The maximum atomic E-state index is 12.5. The number of benzene rings is 3. The fraction of sp³-hybridized carbons (Fsp3) is 0.222. The molecule has 6 nitrogen and oxygen atoms in total. The van der Waals surface area contributed by atoms with Gasteiger partial charge < -0.3 is 15.9 Å². The third-order valence-corrected chi connectivity index (χ3v) is 5.02. The van der Waals surface area contributed by atoms with E-state index in [2.05, 4.69) is 5.73 Å². The molecule has 0 radical (unpaired) electrons. The van der Waals surface area contributed by atoms with Crippen LogP contribution >= 0.6 is 0 Å². The molecule has 4 N–H and O–H groups in total. The number of hydrogen-bond acceptors (Lipinski definition) is 5. The highest BCUT2D eigenvalue weighted by molar-refractivity contribution is 6.00. The monoisotopic (exact) mass is 610 g/mol. The molecule has 0 aliphatic carbocycles. The van der Waals surface area contributed by atoms with Crippen LogP contribution in [0.4, 0.5) is 39.5 Å². The number of nitrogens with zero attached hydrogens (tertiary/aromatic N) is 1. The topological polar surface area (TPSA) is 124 Å². The van der Waals surface area contributed by atoms with Crippen molar-refractivity contribution < 1.29 is 59.3 Å². The summed E-state index contributed by atoms with van der Waals surface area (Å²) in [6, 6.07) is 19.7. The number of nitriles is 1. The standard InChI is InChI=1S/C9H8F3NO2.C9H6F3NO.C8H5F3O.CH4/c10-9(11,12)8(15,7(13)14)6-4-2-1-3-5-6;10-9(11,12)8(14,6-13)7-4-2-1-3-5-7;9-8(10,11)7(12)6-4-2-1-3-5-6;/h1-5,15H,(H2,13,14);1-5,14H;1-5H;1H4. The number of rotatable bonds is 4. The number of halogens is 9. The van der Waals surface area contributed by atoms with Crippen LogP contribution in [0.2, 0.25) is 0 Å². The van der Waals surface area contributed by atoms with Crippen molar-refractivity contribution in [1.29, 1.82) is 5.26 Å². The van der Waals surface area contributed by atoms with Gasteiger partial charge in [-0.05, 0) is 0 Å². The third kappa shape index (κ3) is 9.05. The number of Topliss-reactive ketones (excluding diaryl/α,β-unsaturated/α-hetero) is 1. The summed E-state index contributed by atoms with van der Waals surface area (Å²) in [4.78, 5) is 21.3. The minimum absolute atomic E-state index is 0. The van der Waals surface area contributed by atoms with Gasteiger partial charge in [0.2, 0.25) is 0 Å². The number of nitrogens with two attached hydrogens (primary N) is 1. The fourth-order valence-corrected chi connectivity index (χ4v) is 2.85. The summed E-state index contributed by atoms with van der Waals surface area (Å²) in [5.74, 6) is -3.65.